The minimum Gasteiger partial charge on any atom is -0.348 e. The maximum atomic E-state index is 12.5. The van der Waals surface area contributed by atoms with Gasteiger partial charge in [0, 0.05) is 6.54 Å². The lowest BCUT2D eigenvalue weighted by molar-refractivity contribution is -0.126. The quantitative estimate of drug-likeness (QED) is 0.870. The van der Waals surface area contributed by atoms with Gasteiger partial charge in [-0.1, -0.05) is 50.6 Å². The molecule has 0 radical (unpaired) electrons. The SMILES string of the molecule is CCCC(NC(=O)C(C)N1CCC(C)C1)c1ccccc1. The van der Waals surface area contributed by atoms with Gasteiger partial charge in [-0.3, -0.25) is 9.69 Å². The van der Waals surface area contributed by atoms with E-state index in [-0.39, 0.29) is 18.0 Å². The molecule has 0 aliphatic carbocycles. The van der Waals surface area contributed by atoms with Crippen molar-refractivity contribution in [2.45, 2.75) is 52.1 Å². The summed E-state index contributed by atoms with van der Waals surface area (Å²) in [7, 11) is 0. The Hall–Kier alpha value is -1.35. The fourth-order valence-corrected chi connectivity index (χ4v) is 3.08. The molecule has 3 heteroatoms. The molecule has 21 heavy (non-hydrogen) atoms. The molecule has 1 heterocycles. The minimum atomic E-state index is -0.0296. The molecule has 1 amide bonds. The van der Waals surface area contributed by atoms with Gasteiger partial charge in [0.1, 0.15) is 0 Å². The fraction of sp³-hybridized carbons (Fsp3) is 0.611. The molecule has 1 aliphatic heterocycles. The van der Waals surface area contributed by atoms with E-state index in [2.05, 4.69) is 36.2 Å². The van der Waals surface area contributed by atoms with Crippen LogP contribution >= 0.6 is 0 Å². The largest absolute Gasteiger partial charge is 0.348 e. The van der Waals surface area contributed by atoms with Crippen LogP contribution in [0.3, 0.4) is 0 Å². The molecule has 0 saturated carbocycles. The van der Waals surface area contributed by atoms with Gasteiger partial charge in [-0.2, -0.15) is 0 Å². The third-order valence-electron chi connectivity index (χ3n) is 4.48. The first kappa shape index (κ1) is 16.0. The molecule has 2 rings (SSSR count). The molecule has 1 N–H and O–H groups in total. The molecule has 1 saturated heterocycles. The summed E-state index contributed by atoms with van der Waals surface area (Å²) in [5.41, 5.74) is 1.20. The number of rotatable bonds is 6. The average molecular weight is 288 g/mol. The number of nitrogens with zero attached hydrogens (tertiary/aromatic N) is 1. The zero-order chi connectivity index (χ0) is 15.2. The van der Waals surface area contributed by atoms with Crippen LogP contribution in [0, 0.1) is 5.92 Å². The summed E-state index contributed by atoms with van der Waals surface area (Å²) in [6, 6.07) is 10.4. The van der Waals surface area contributed by atoms with E-state index in [1.54, 1.807) is 0 Å². The molecule has 3 atom stereocenters. The highest BCUT2D eigenvalue weighted by Crippen LogP contribution is 2.21. The van der Waals surface area contributed by atoms with E-state index in [9.17, 15) is 4.79 Å². The number of carbonyl (C=O) groups excluding carboxylic acids is 1. The molecule has 1 fully saturated rings. The summed E-state index contributed by atoms with van der Waals surface area (Å²) in [4.78, 5) is 14.8. The van der Waals surface area contributed by atoms with Crippen LogP contribution in [0.2, 0.25) is 0 Å². The van der Waals surface area contributed by atoms with Crippen molar-refractivity contribution in [1.29, 1.82) is 0 Å². The van der Waals surface area contributed by atoms with E-state index < -0.39 is 0 Å². The lowest BCUT2D eigenvalue weighted by Crippen LogP contribution is -2.45. The van der Waals surface area contributed by atoms with Gasteiger partial charge in [-0.15, -0.1) is 0 Å². The zero-order valence-electron chi connectivity index (χ0n) is 13.5. The monoisotopic (exact) mass is 288 g/mol. The first-order valence-corrected chi connectivity index (χ1v) is 8.21. The second-order valence-electron chi connectivity index (χ2n) is 6.33. The van der Waals surface area contributed by atoms with Crippen molar-refractivity contribution < 1.29 is 4.79 Å². The lowest BCUT2D eigenvalue weighted by atomic mass is 10.0. The van der Waals surface area contributed by atoms with Crippen molar-refractivity contribution in [3.63, 3.8) is 0 Å². The van der Waals surface area contributed by atoms with E-state index in [1.807, 2.05) is 25.1 Å². The predicted octanol–water partition coefficient (Wildman–Crippen LogP) is 3.37. The van der Waals surface area contributed by atoms with Crippen LogP contribution in [0.25, 0.3) is 0 Å². The molecule has 1 aliphatic rings. The van der Waals surface area contributed by atoms with Crippen molar-refractivity contribution in [2.24, 2.45) is 5.92 Å². The van der Waals surface area contributed by atoms with Gasteiger partial charge in [0.2, 0.25) is 5.91 Å². The fourth-order valence-electron chi connectivity index (χ4n) is 3.08. The predicted molar refractivity (Wildman–Crippen MR) is 87.0 cm³/mol. The van der Waals surface area contributed by atoms with Crippen LogP contribution in [0.5, 0.6) is 0 Å². The van der Waals surface area contributed by atoms with E-state index in [1.165, 1.54) is 12.0 Å². The van der Waals surface area contributed by atoms with Crippen LogP contribution in [0.4, 0.5) is 0 Å². The summed E-state index contributed by atoms with van der Waals surface area (Å²) in [6.45, 7) is 8.53. The van der Waals surface area contributed by atoms with Crippen molar-refractivity contribution in [2.75, 3.05) is 13.1 Å². The average Bonchev–Trinajstić information content (AvgIpc) is 2.93. The summed E-state index contributed by atoms with van der Waals surface area (Å²) in [5.74, 6) is 0.868. The second kappa shape index (κ2) is 7.60. The van der Waals surface area contributed by atoms with E-state index >= 15 is 0 Å². The zero-order valence-corrected chi connectivity index (χ0v) is 13.5. The summed E-state index contributed by atoms with van der Waals surface area (Å²) >= 11 is 0. The number of nitrogens with one attached hydrogen (secondary N) is 1. The van der Waals surface area contributed by atoms with Crippen LogP contribution < -0.4 is 5.32 Å². The van der Waals surface area contributed by atoms with E-state index in [0.29, 0.717) is 5.92 Å². The van der Waals surface area contributed by atoms with Crippen molar-refractivity contribution in [3.05, 3.63) is 35.9 Å². The third-order valence-corrected chi connectivity index (χ3v) is 4.48. The molecule has 0 aromatic heterocycles. The highest BCUT2D eigenvalue weighted by atomic mass is 16.2. The Morgan fingerprint density at radius 2 is 2.10 bits per heavy atom. The Morgan fingerprint density at radius 1 is 1.38 bits per heavy atom. The first-order valence-electron chi connectivity index (χ1n) is 8.21. The van der Waals surface area contributed by atoms with Gasteiger partial charge in [0.05, 0.1) is 12.1 Å². The van der Waals surface area contributed by atoms with Gasteiger partial charge >= 0.3 is 0 Å². The van der Waals surface area contributed by atoms with Crippen LogP contribution in [-0.4, -0.2) is 29.9 Å². The number of hydrogen-bond donors (Lipinski definition) is 1. The van der Waals surface area contributed by atoms with Crippen molar-refractivity contribution in [3.8, 4) is 0 Å². The van der Waals surface area contributed by atoms with Gasteiger partial charge in [0.25, 0.3) is 0 Å². The molecular formula is C18H28N2O. The number of benzene rings is 1. The number of carbonyl (C=O) groups is 1. The third kappa shape index (κ3) is 4.31. The van der Waals surface area contributed by atoms with Crippen LogP contribution in [0.1, 0.15) is 51.6 Å². The Bertz CT molecular complexity index is 446. The Kier molecular flexibility index (Phi) is 5.80. The van der Waals surface area contributed by atoms with E-state index in [0.717, 1.165) is 25.9 Å². The van der Waals surface area contributed by atoms with Crippen LogP contribution in [0.15, 0.2) is 30.3 Å². The highest BCUT2D eigenvalue weighted by Gasteiger charge is 2.28. The molecule has 0 bridgehead atoms. The summed E-state index contributed by atoms with van der Waals surface area (Å²) in [6.07, 6.45) is 3.25. The molecular weight excluding hydrogens is 260 g/mol. The van der Waals surface area contributed by atoms with Crippen LogP contribution in [-0.2, 0) is 4.79 Å². The van der Waals surface area contributed by atoms with Gasteiger partial charge in [-0.25, -0.2) is 0 Å². The van der Waals surface area contributed by atoms with Gasteiger partial charge in [0.15, 0.2) is 0 Å². The highest BCUT2D eigenvalue weighted by molar-refractivity contribution is 5.81. The van der Waals surface area contributed by atoms with Gasteiger partial charge < -0.3 is 5.32 Å². The second-order valence-corrected chi connectivity index (χ2v) is 6.33. The van der Waals surface area contributed by atoms with Crippen molar-refractivity contribution >= 4 is 5.91 Å². The lowest BCUT2D eigenvalue weighted by Gasteiger charge is -2.26. The van der Waals surface area contributed by atoms with Crippen molar-refractivity contribution in [1.82, 2.24) is 10.2 Å². The molecule has 3 unspecified atom stereocenters. The molecule has 116 valence electrons. The molecule has 1 aromatic rings. The maximum absolute atomic E-state index is 12.5. The van der Waals surface area contributed by atoms with E-state index in [4.69, 9.17) is 0 Å². The Balaban J connectivity index is 1.98. The van der Waals surface area contributed by atoms with Gasteiger partial charge in [-0.05, 0) is 37.8 Å². The molecule has 0 spiro atoms. The summed E-state index contributed by atoms with van der Waals surface area (Å²) in [5, 5.41) is 3.25. The molecule has 1 aromatic carbocycles. The summed E-state index contributed by atoms with van der Waals surface area (Å²) < 4.78 is 0. The topological polar surface area (TPSA) is 32.3 Å². The normalized spacial score (nSPS) is 22.0. The smallest absolute Gasteiger partial charge is 0.237 e. The standard InChI is InChI=1S/C18H28N2O/c1-4-8-17(16-9-6-5-7-10-16)19-18(21)15(3)20-12-11-14(2)13-20/h5-7,9-10,14-15,17H,4,8,11-13H2,1-3H3,(H,19,21). The molecule has 3 nitrogen and oxygen atoms in total. The Labute approximate surface area is 128 Å². The first-order chi connectivity index (χ1) is 10.1. The number of hydrogen-bond acceptors (Lipinski definition) is 2. The number of amides is 1. The minimum absolute atomic E-state index is 0.0296. The number of likely N-dealkylation sites (tertiary alicyclic amines) is 1. The maximum Gasteiger partial charge on any atom is 0.237 e. The Morgan fingerprint density at radius 3 is 2.67 bits per heavy atom.